The van der Waals surface area contributed by atoms with Crippen molar-refractivity contribution in [3.8, 4) is 0 Å². The number of fused-ring (bicyclic) bond motifs is 1. The van der Waals surface area contributed by atoms with Crippen LogP contribution >= 0.6 is 0 Å². The van der Waals surface area contributed by atoms with E-state index in [4.69, 9.17) is 0 Å². The maximum atomic E-state index is 14.5. The molecule has 19 heavy (non-hydrogen) atoms. The van der Waals surface area contributed by atoms with E-state index in [1.807, 2.05) is 0 Å². The fourth-order valence-electron chi connectivity index (χ4n) is 3.77. The van der Waals surface area contributed by atoms with Crippen molar-refractivity contribution in [2.75, 3.05) is 13.1 Å². The zero-order valence-corrected chi connectivity index (χ0v) is 11.6. The summed E-state index contributed by atoms with van der Waals surface area (Å²) in [5.74, 6) is 0.741. The molecule has 1 heterocycles. The summed E-state index contributed by atoms with van der Waals surface area (Å²) in [5, 5.41) is 3.32. The molecule has 1 nitrogen and oxygen atoms in total. The van der Waals surface area contributed by atoms with Gasteiger partial charge in [0.15, 0.2) is 0 Å². The number of nitrogens with one attached hydrogen (secondary N) is 1. The van der Waals surface area contributed by atoms with E-state index in [0.717, 1.165) is 32.4 Å². The van der Waals surface area contributed by atoms with Crippen LogP contribution in [0.15, 0.2) is 24.3 Å². The molecule has 0 radical (unpaired) electrons. The van der Waals surface area contributed by atoms with Crippen LogP contribution in [-0.2, 0) is 6.42 Å². The van der Waals surface area contributed by atoms with E-state index in [0.29, 0.717) is 5.92 Å². The lowest BCUT2D eigenvalue weighted by Gasteiger charge is -2.31. The highest BCUT2D eigenvalue weighted by molar-refractivity contribution is 5.32. The molecule has 2 unspecified atom stereocenters. The van der Waals surface area contributed by atoms with Crippen molar-refractivity contribution in [3.05, 3.63) is 35.4 Å². The Bertz CT molecular complexity index is 411. The lowest BCUT2D eigenvalue weighted by Crippen LogP contribution is -2.33. The molecule has 0 amide bonds. The number of piperidine rings is 1. The Morgan fingerprint density at radius 3 is 2.79 bits per heavy atom. The second-order valence-electron chi connectivity index (χ2n) is 6.13. The van der Waals surface area contributed by atoms with Crippen molar-refractivity contribution < 1.29 is 4.39 Å². The monoisotopic (exact) mass is 261 g/mol. The standard InChI is InChI=1S/C17H24FN/c18-17(14-8-10-19-11-9-14)12-15-6-3-5-13-4-1-2-7-16(13)15/h1-2,4,7,14-15,17,19H,3,5-6,8-12H2. The Balaban J connectivity index is 1.66. The van der Waals surface area contributed by atoms with Crippen molar-refractivity contribution in [2.24, 2.45) is 5.92 Å². The largest absolute Gasteiger partial charge is 0.317 e. The molecule has 104 valence electrons. The lowest BCUT2D eigenvalue weighted by molar-refractivity contribution is 0.165. The van der Waals surface area contributed by atoms with Crippen molar-refractivity contribution >= 4 is 0 Å². The van der Waals surface area contributed by atoms with Gasteiger partial charge in [0.05, 0.1) is 0 Å². The number of halogens is 1. The van der Waals surface area contributed by atoms with Crippen LogP contribution in [0.2, 0.25) is 0 Å². The SMILES string of the molecule is FC(CC1CCCc2ccccc21)C1CCNCC1. The zero-order chi connectivity index (χ0) is 13.1. The van der Waals surface area contributed by atoms with Gasteiger partial charge in [-0.3, -0.25) is 0 Å². The number of aryl methyl sites for hydroxylation is 1. The first kappa shape index (κ1) is 13.1. The highest BCUT2D eigenvalue weighted by Gasteiger charge is 2.28. The Morgan fingerprint density at radius 1 is 1.16 bits per heavy atom. The molecule has 1 aromatic rings. The second-order valence-corrected chi connectivity index (χ2v) is 6.13. The average Bonchev–Trinajstić information content (AvgIpc) is 2.48. The third-order valence-electron chi connectivity index (χ3n) is 4.90. The number of benzene rings is 1. The van der Waals surface area contributed by atoms with Crippen LogP contribution in [0.4, 0.5) is 4.39 Å². The van der Waals surface area contributed by atoms with Gasteiger partial charge in [0.1, 0.15) is 6.17 Å². The minimum absolute atomic E-state index is 0.287. The first-order valence-corrected chi connectivity index (χ1v) is 7.77. The molecule has 1 saturated heterocycles. The average molecular weight is 261 g/mol. The molecule has 2 atom stereocenters. The molecule has 3 rings (SSSR count). The Hall–Kier alpha value is -0.890. The van der Waals surface area contributed by atoms with Gasteiger partial charge >= 0.3 is 0 Å². The Labute approximate surface area is 115 Å². The van der Waals surface area contributed by atoms with E-state index in [2.05, 4.69) is 29.6 Å². The van der Waals surface area contributed by atoms with Gasteiger partial charge < -0.3 is 5.32 Å². The maximum absolute atomic E-state index is 14.5. The highest BCUT2D eigenvalue weighted by atomic mass is 19.1. The summed E-state index contributed by atoms with van der Waals surface area (Å²) in [7, 11) is 0. The van der Waals surface area contributed by atoms with Gasteiger partial charge in [0.25, 0.3) is 0 Å². The number of rotatable bonds is 3. The third-order valence-corrected chi connectivity index (χ3v) is 4.90. The molecule has 1 fully saturated rings. The molecule has 2 aliphatic rings. The summed E-state index contributed by atoms with van der Waals surface area (Å²) in [5.41, 5.74) is 2.88. The predicted molar refractivity (Wildman–Crippen MR) is 77.2 cm³/mol. The quantitative estimate of drug-likeness (QED) is 0.872. The van der Waals surface area contributed by atoms with Gasteiger partial charge in [0, 0.05) is 0 Å². The van der Waals surface area contributed by atoms with E-state index in [1.54, 1.807) is 0 Å². The van der Waals surface area contributed by atoms with E-state index in [9.17, 15) is 4.39 Å². The molecule has 2 heteroatoms. The fourth-order valence-corrected chi connectivity index (χ4v) is 3.77. The predicted octanol–water partition coefficient (Wildman–Crippen LogP) is 3.83. The first-order chi connectivity index (χ1) is 9.34. The summed E-state index contributed by atoms with van der Waals surface area (Å²) >= 11 is 0. The maximum Gasteiger partial charge on any atom is 0.104 e. The third kappa shape index (κ3) is 3.00. The molecule has 1 aliphatic heterocycles. The van der Waals surface area contributed by atoms with E-state index in [-0.39, 0.29) is 5.92 Å². The normalized spacial score (nSPS) is 25.8. The van der Waals surface area contributed by atoms with Crippen LogP contribution in [-0.4, -0.2) is 19.3 Å². The van der Waals surface area contributed by atoms with Crippen LogP contribution in [0.3, 0.4) is 0 Å². The Kier molecular flexibility index (Phi) is 4.17. The smallest absolute Gasteiger partial charge is 0.104 e. The van der Waals surface area contributed by atoms with Gasteiger partial charge in [-0.2, -0.15) is 0 Å². The van der Waals surface area contributed by atoms with Crippen LogP contribution in [0.1, 0.15) is 49.1 Å². The number of alkyl halides is 1. The molecule has 1 aliphatic carbocycles. The molecule has 1 aromatic carbocycles. The molecular weight excluding hydrogens is 237 g/mol. The van der Waals surface area contributed by atoms with Crippen molar-refractivity contribution in [1.29, 1.82) is 0 Å². The topological polar surface area (TPSA) is 12.0 Å². The van der Waals surface area contributed by atoms with E-state index >= 15 is 0 Å². The van der Waals surface area contributed by atoms with Crippen LogP contribution in [0.25, 0.3) is 0 Å². The molecule has 0 bridgehead atoms. The Morgan fingerprint density at radius 2 is 1.95 bits per heavy atom. The van der Waals surface area contributed by atoms with Gasteiger partial charge in [0.2, 0.25) is 0 Å². The zero-order valence-electron chi connectivity index (χ0n) is 11.6. The van der Waals surface area contributed by atoms with Crippen molar-refractivity contribution in [2.45, 2.75) is 50.6 Å². The van der Waals surface area contributed by atoms with Gasteiger partial charge in [-0.1, -0.05) is 24.3 Å². The molecule has 0 spiro atoms. The van der Waals surface area contributed by atoms with Crippen molar-refractivity contribution in [1.82, 2.24) is 5.32 Å². The van der Waals surface area contributed by atoms with Crippen LogP contribution in [0, 0.1) is 5.92 Å². The van der Waals surface area contributed by atoms with Gasteiger partial charge in [-0.15, -0.1) is 0 Å². The summed E-state index contributed by atoms with van der Waals surface area (Å²) in [6.07, 6.45) is 5.71. The second kappa shape index (κ2) is 6.04. The van der Waals surface area contributed by atoms with E-state index in [1.165, 1.54) is 30.4 Å². The molecule has 0 saturated carbocycles. The summed E-state index contributed by atoms with van der Waals surface area (Å²) in [6, 6.07) is 8.66. The summed E-state index contributed by atoms with van der Waals surface area (Å²) < 4.78 is 14.5. The lowest BCUT2D eigenvalue weighted by atomic mass is 9.77. The molecule has 1 N–H and O–H groups in total. The minimum Gasteiger partial charge on any atom is -0.317 e. The van der Waals surface area contributed by atoms with E-state index < -0.39 is 6.17 Å². The summed E-state index contributed by atoms with van der Waals surface area (Å²) in [6.45, 7) is 1.98. The number of hydrogen-bond donors (Lipinski definition) is 1. The van der Waals surface area contributed by atoms with Crippen molar-refractivity contribution in [3.63, 3.8) is 0 Å². The summed E-state index contributed by atoms with van der Waals surface area (Å²) in [4.78, 5) is 0. The van der Waals surface area contributed by atoms with Gasteiger partial charge in [-0.05, 0) is 74.6 Å². The minimum atomic E-state index is -0.613. The molecule has 0 aromatic heterocycles. The first-order valence-electron chi connectivity index (χ1n) is 7.77. The molecular formula is C17H24FN. The van der Waals surface area contributed by atoms with Crippen LogP contribution < -0.4 is 5.32 Å². The highest BCUT2D eigenvalue weighted by Crippen LogP contribution is 2.37. The number of hydrogen-bond acceptors (Lipinski definition) is 1. The fraction of sp³-hybridized carbons (Fsp3) is 0.647. The van der Waals surface area contributed by atoms with Crippen LogP contribution in [0.5, 0.6) is 0 Å². The van der Waals surface area contributed by atoms with Gasteiger partial charge in [-0.25, -0.2) is 4.39 Å².